The summed E-state index contributed by atoms with van der Waals surface area (Å²) in [4.78, 5) is 5.26. The van der Waals surface area contributed by atoms with Crippen LogP contribution in [0, 0.1) is 0 Å². The van der Waals surface area contributed by atoms with E-state index in [9.17, 15) is 0 Å². The lowest BCUT2D eigenvalue weighted by atomic mass is 10.0. The van der Waals surface area contributed by atoms with E-state index in [1.165, 1.54) is 34.0 Å². The molecule has 0 radical (unpaired) electrons. The van der Waals surface area contributed by atoms with E-state index < -0.39 is 0 Å². The number of para-hydroxylation sites is 2. The first-order chi connectivity index (χ1) is 10.3. The second-order valence-corrected chi connectivity index (χ2v) is 6.93. The zero-order valence-electron chi connectivity index (χ0n) is 12.3. The smallest absolute Gasteiger partial charge is 0.0555 e. The largest absolute Gasteiger partial charge is 0.335 e. The number of hydrogen-bond acceptors (Lipinski definition) is 3. The van der Waals surface area contributed by atoms with E-state index in [2.05, 4.69) is 65.7 Å². The number of nitrogens with zero attached hydrogens (tertiary/aromatic N) is 1. The Kier molecular flexibility index (Phi) is 3.40. The predicted molar refractivity (Wildman–Crippen MR) is 89.6 cm³/mol. The highest BCUT2D eigenvalue weighted by Gasteiger charge is 2.32. The van der Waals surface area contributed by atoms with Crippen molar-refractivity contribution >= 4 is 23.1 Å². The highest BCUT2D eigenvalue weighted by Crippen LogP contribution is 2.49. The number of benzene rings is 2. The minimum Gasteiger partial charge on any atom is -0.335 e. The molecule has 1 saturated heterocycles. The van der Waals surface area contributed by atoms with Crippen LogP contribution in [-0.2, 0) is 0 Å². The molecular formula is C18H20N2S. The Bertz CT molecular complexity index is 604. The second kappa shape index (κ2) is 5.39. The molecule has 108 valence electrons. The van der Waals surface area contributed by atoms with Gasteiger partial charge >= 0.3 is 0 Å². The quantitative estimate of drug-likeness (QED) is 0.882. The van der Waals surface area contributed by atoms with Crippen LogP contribution in [0.4, 0.5) is 11.4 Å². The molecule has 0 bridgehead atoms. The van der Waals surface area contributed by atoms with Gasteiger partial charge in [-0.3, -0.25) is 0 Å². The lowest BCUT2D eigenvalue weighted by molar-refractivity contribution is 0.502. The molecule has 2 heterocycles. The molecule has 0 saturated carbocycles. The summed E-state index contributed by atoms with van der Waals surface area (Å²) in [6, 6.07) is 18.6. The summed E-state index contributed by atoms with van der Waals surface area (Å²) in [7, 11) is 0. The number of nitrogens with one attached hydrogen (secondary N) is 1. The molecule has 21 heavy (non-hydrogen) atoms. The molecule has 2 atom stereocenters. The molecule has 2 nitrogen and oxygen atoms in total. The number of anilines is 2. The van der Waals surface area contributed by atoms with E-state index in [-0.39, 0.29) is 0 Å². The molecule has 2 unspecified atom stereocenters. The fraction of sp³-hybridized carbons (Fsp3) is 0.333. The topological polar surface area (TPSA) is 15.3 Å². The van der Waals surface area contributed by atoms with E-state index in [4.69, 9.17) is 0 Å². The van der Waals surface area contributed by atoms with Crippen molar-refractivity contribution in [3.63, 3.8) is 0 Å². The summed E-state index contributed by atoms with van der Waals surface area (Å²) in [6.45, 7) is 3.51. The maximum Gasteiger partial charge on any atom is 0.0555 e. The zero-order chi connectivity index (χ0) is 14.2. The Morgan fingerprint density at radius 3 is 2.24 bits per heavy atom. The summed E-state index contributed by atoms with van der Waals surface area (Å²) in [5.41, 5.74) is 2.70. The molecule has 2 aliphatic rings. The van der Waals surface area contributed by atoms with Crippen molar-refractivity contribution in [3.05, 3.63) is 48.5 Å². The first-order valence-corrected chi connectivity index (χ1v) is 8.55. The van der Waals surface area contributed by atoms with E-state index in [0.717, 1.165) is 6.54 Å². The molecule has 0 amide bonds. The Morgan fingerprint density at radius 1 is 1.05 bits per heavy atom. The average Bonchev–Trinajstić information content (AvgIpc) is 3.06. The van der Waals surface area contributed by atoms with Gasteiger partial charge in [-0.05, 0) is 50.6 Å². The lowest BCUT2D eigenvalue weighted by Gasteiger charge is -2.39. The number of hydrogen-bond donors (Lipinski definition) is 1. The van der Waals surface area contributed by atoms with Gasteiger partial charge in [0.15, 0.2) is 0 Å². The van der Waals surface area contributed by atoms with Gasteiger partial charge in [-0.15, -0.1) is 0 Å². The molecule has 2 aliphatic heterocycles. The number of rotatable bonds is 2. The van der Waals surface area contributed by atoms with Crippen molar-refractivity contribution in [2.75, 3.05) is 11.4 Å². The summed E-state index contributed by atoms with van der Waals surface area (Å²) in [5, 5.41) is 3.67. The maximum absolute atomic E-state index is 3.67. The minimum absolute atomic E-state index is 0.468. The first-order valence-electron chi connectivity index (χ1n) is 7.73. The lowest BCUT2D eigenvalue weighted by Crippen LogP contribution is -2.44. The van der Waals surface area contributed by atoms with Crippen molar-refractivity contribution in [2.45, 2.75) is 41.6 Å². The van der Waals surface area contributed by atoms with E-state index >= 15 is 0 Å². The molecule has 1 N–H and O–H groups in total. The normalized spacial score (nSPS) is 21.8. The zero-order valence-corrected chi connectivity index (χ0v) is 13.1. The summed E-state index contributed by atoms with van der Waals surface area (Å²) in [6.07, 6.45) is 2.57. The summed E-state index contributed by atoms with van der Waals surface area (Å²) < 4.78 is 0. The van der Waals surface area contributed by atoms with Gasteiger partial charge in [0.05, 0.1) is 11.4 Å². The third-order valence-corrected chi connectivity index (χ3v) is 5.69. The van der Waals surface area contributed by atoms with Crippen LogP contribution in [0.3, 0.4) is 0 Å². The van der Waals surface area contributed by atoms with Gasteiger partial charge in [0, 0.05) is 21.9 Å². The Labute approximate surface area is 130 Å². The van der Waals surface area contributed by atoms with E-state index in [1.54, 1.807) is 0 Å². The minimum atomic E-state index is 0.468. The van der Waals surface area contributed by atoms with Crippen molar-refractivity contribution in [2.24, 2.45) is 0 Å². The van der Waals surface area contributed by atoms with Crippen LogP contribution in [-0.4, -0.2) is 18.6 Å². The van der Waals surface area contributed by atoms with Gasteiger partial charge < -0.3 is 10.2 Å². The van der Waals surface area contributed by atoms with Gasteiger partial charge in [-0.2, -0.15) is 0 Å². The molecule has 3 heteroatoms. The van der Waals surface area contributed by atoms with Gasteiger partial charge in [-0.1, -0.05) is 36.0 Å². The van der Waals surface area contributed by atoms with Crippen LogP contribution in [0.1, 0.15) is 19.8 Å². The SMILES string of the molecule is CC(C1CCCN1)N1c2ccccc2Sc2ccccc21. The Balaban J connectivity index is 1.81. The van der Waals surface area contributed by atoms with E-state index in [0.29, 0.717) is 12.1 Å². The fourth-order valence-corrected chi connectivity index (χ4v) is 4.55. The first kappa shape index (κ1) is 13.2. The fourth-order valence-electron chi connectivity index (χ4n) is 3.48. The van der Waals surface area contributed by atoms with Gasteiger partial charge in [0.25, 0.3) is 0 Å². The third-order valence-electron chi connectivity index (χ3n) is 4.56. The molecule has 1 fully saturated rings. The molecule has 0 aliphatic carbocycles. The van der Waals surface area contributed by atoms with Crippen LogP contribution in [0.15, 0.2) is 58.3 Å². The van der Waals surface area contributed by atoms with Crippen LogP contribution in [0.2, 0.25) is 0 Å². The van der Waals surface area contributed by atoms with Crippen LogP contribution >= 0.6 is 11.8 Å². The summed E-state index contributed by atoms with van der Waals surface area (Å²) >= 11 is 1.88. The summed E-state index contributed by atoms with van der Waals surface area (Å²) in [5.74, 6) is 0. The third kappa shape index (κ3) is 2.25. The van der Waals surface area contributed by atoms with Gasteiger partial charge in [-0.25, -0.2) is 0 Å². The Hall–Kier alpha value is -1.45. The van der Waals surface area contributed by atoms with Crippen molar-refractivity contribution < 1.29 is 0 Å². The molecule has 2 aromatic rings. The van der Waals surface area contributed by atoms with Crippen molar-refractivity contribution in [1.82, 2.24) is 5.32 Å². The van der Waals surface area contributed by atoms with Crippen LogP contribution < -0.4 is 10.2 Å². The standard InChI is InChI=1S/C18H20N2S/c1-13(14-7-6-12-19-14)20-15-8-2-4-10-17(15)21-18-11-5-3-9-16(18)20/h2-5,8-11,13-14,19H,6-7,12H2,1H3. The van der Waals surface area contributed by atoms with Crippen molar-refractivity contribution in [3.8, 4) is 0 Å². The average molecular weight is 296 g/mol. The van der Waals surface area contributed by atoms with Crippen LogP contribution in [0.5, 0.6) is 0 Å². The number of fused-ring (bicyclic) bond motifs is 2. The molecular weight excluding hydrogens is 276 g/mol. The molecule has 2 aromatic carbocycles. The monoisotopic (exact) mass is 296 g/mol. The highest BCUT2D eigenvalue weighted by molar-refractivity contribution is 7.99. The van der Waals surface area contributed by atoms with Gasteiger partial charge in [0.2, 0.25) is 0 Å². The van der Waals surface area contributed by atoms with Gasteiger partial charge in [0.1, 0.15) is 0 Å². The van der Waals surface area contributed by atoms with Crippen LogP contribution in [0.25, 0.3) is 0 Å². The van der Waals surface area contributed by atoms with Crippen molar-refractivity contribution in [1.29, 1.82) is 0 Å². The highest BCUT2D eigenvalue weighted by atomic mass is 32.2. The molecule has 4 rings (SSSR count). The predicted octanol–water partition coefficient (Wildman–Crippen LogP) is 4.43. The molecule has 0 spiro atoms. The maximum atomic E-state index is 3.67. The van der Waals surface area contributed by atoms with E-state index in [1.807, 2.05) is 11.8 Å². The second-order valence-electron chi connectivity index (χ2n) is 5.85. The molecule has 0 aromatic heterocycles. The Morgan fingerprint density at radius 2 is 1.67 bits per heavy atom.